The van der Waals surface area contributed by atoms with Crippen LogP contribution in [0, 0.1) is 6.08 Å². The fourth-order valence-corrected chi connectivity index (χ4v) is 1.25. The predicted molar refractivity (Wildman–Crippen MR) is 45.5 cm³/mol. The number of rotatable bonds is 2. The van der Waals surface area contributed by atoms with E-state index in [1.807, 2.05) is 25.2 Å². The van der Waals surface area contributed by atoms with Crippen molar-refractivity contribution in [1.82, 2.24) is 0 Å². The summed E-state index contributed by atoms with van der Waals surface area (Å²) in [5.74, 6) is 0. The molecule has 2 heteroatoms. The van der Waals surface area contributed by atoms with E-state index in [4.69, 9.17) is 9.16 Å². The normalized spacial score (nSPS) is 24.6. The molecule has 0 saturated heterocycles. The Balaban J connectivity index is 2.23. The van der Waals surface area contributed by atoms with Crippen LogP contribution in [0.5, 0.6) is 0 Å². The summed E-state index contributed by atoms with van der Waals surface area (Å²) in [4.78, 5) is 0. The fraction of sp³-hybridized carbons (Fsp3) is 0.300. The molecular formula is C10H10O2+2. The average molecular weight is 162 g/mol. The number of hydrogen-bond acceptors (Lipinski definition) is 1. The van der Waals surface area contributed by atoms with Gasteiger partial charge in [-0.15, -0.1) is 0 Å². The number of fused-ring (bicyclic) bond motifs is 1. The standard InChI is InChI=1S/C10H10O2/c1-2-11-10-9-6-4-3-5-8(9)7-12-10/h3-4,6-7,10H,2H2,1H3/q+2. The van der Waals surface area contributed by atoms with Gasteiger partial charge >= 0.3 is 12.6 Å². The number of carbonyl (C=O) groups excluding carboxylic acids is 1. The summed E-state index contributed by atoms with van der Waals surface area (Å²) in [6.07, 6.45) is 10.3. The van der Waals surface area contributed by atoms with Crippen molar-refractivity contribution in [2.45, 2.75) is 13.2 Å². The summed E-state index contributed by atoms with van der Waals surface area (Å²) in [6.45, 7) is 2.61. The molecule has 0 amide bonds. The van der Waals surface area contributed by atoms with E-state index < -0.39 is 0 Å². The Labute approximate surface area is 71.5 Å². The van der Waals surface area contributed by atoms with E-state index in [0.29, 0.717) is 6.61 Å². The van der Waals surface area contributed by atoms with Gasteiger partial charge in [0.2, 0.25) is 0 Å². The molecule has 12 heavy (non-hydrogen) atoms. The number of ether oxygens (including phenoxy) is 1. The molecule has 1 aliphatic heterocycles. The third-order valence-electron chi connectivity index (χ3n) is 1.80. The zero-order chi connectivity index (χ0) is 8.39. The molecule has 0 aromatic rings. The van der Waals surface area contributed by atoms with Crippen LogP contribution in [0.2, 0.25) is 0 Å². The maximum absolute atomic E-state index is 5.36. The Morgan fingerprint density at radius 2 is 2.58 bits per heavy atom. The van der Waals surface area contributed by atoms with Crippen molar-refractivity contribution in [1.29, 1.82) is 0 Å². The highest BCUT2D eigenvalue weighted by atomic mass is 16.6. The number of hydrogen-bond donors (Lipinski definition) is 0. The predicted octanol–water partition coefficient (Wildman–Crippen LogP) is 1.32. The minimum atomic E-state index is -0.220. The van der Waals surface area contributed by atoms with E-state index in [-0.39, 0.29) is 6.29 Å². The van der Waals surface area contributed by atoms with E-state index in [1.54, 1.807) is 6.29 Å². The second-order valence-electron chi connectivity index (χ2n) is 2.58. The van der Waals surface area contributed by atoms with Crippen molar-refractivity contribution in [3.8, 4) is 0 Å². The summed E-state index contributed by atoms with van der Waals surface area (Å²) in [6, 6.07) is 0. The van der Waals surface area contributed by atoms with Gasteiger partial charge in [-0.05, 0) is 6.92 Å². The van der Waals surface area contributed by atoms with Gasteiger partial charge < -0.3 is 0 Å². The summed E-state index contributed by atoms with van der Waals surface area (Å²) in [5.41, 5.74) is 2.07. The monoisotopic (exact) mass is 162 g/mol. The molecular weight excluding hydrogens is 152 g/mol. The van der Waals surface area contributed by atoms with E-state index in [9.17, 15) is 0 Å². The van der Waals surface area contributed by atoms with E-state index in [0.717, 1.165) is 11.1 Å². The highest BCUT2D eigenvalue weighted by molar-refractivity contribution is 5.83. The van der Waals surface area contributed by atoms with Crippen molar-refractivity contribution in [2.75, 3.05) is 6.61 Å². The van der Waals surface area contributed by atoms with Gasteiger partial charge in [0.15, 0.2) is 5.57 Å². The van der Waals surface area contributed by atoms with Crippen LogP contribution in [0.25, 0.3) is 0 Å². The van der Waals surface area contributed by atoms with E-state index in [2.05, 4.69) is 6.08 Å². The van der Waals surface area contributed by atoms with Crippen molar-refractivity contribution < 1.29 is 9.16 Å². The van der Waals surface area contributed by atoms with Gasteiger partial charge in [-0.1, -0.05) is 0 Å². The first kappa shape index (κ1) is 7.41. The van der Waals surface area contributed by atoms with Gasteiger partial charge in [-0.3, -0.25) is 4.74 Å². The lowest BCUT2D eigenvalue weighted by Gasteiger charge is -1.95. The van der Waals surface area contributed by atoms with E-state index >= 15 is 0 Å². The zero-order valence-electron chi connectivity index (χ0n) is 6.91. The Morgan fingerprint density at radius 3 is 3.42 bits per heavy atom. The summed E-state index contributed by atoms with van der Waals surface area (Å²) >= 11 is 0. The Morgan fingerprint density at radius 1 is 1.67 bits per heavy atom. The maximum Gasteiger partial charge on any atom is 0.454 e. The van der Waals surface area contributed by atoms with Crippen LogP contribution < -0.4 is 0 Å². The molecule has 2 nitrogen and oxygen atoms in total. The molecule has 0 spiro atoms. The Kier molecular flexibility index (Phi) is 1.86. The Bertz CT molecular complexity index is 295. The topological polar surface area (TPSA) is 20.5 Å². The third kappa shape index (κ3) is 1.11. The molecule has 1 atom stereocenters. The lowest BCUT2D eigenvalue weighted by atomic mass is 10.0. The van der Waals surface area contributed by atoms with Crippen LogP contribution in [-0.4, -0.2) is 19.2 Å². The van der Waals surface area contributed by atoms with Crippen molar-refractivity contribution in [2.24, 2.45) is 0 Å². The number of aldehydes is 1. The maximum atomic E-state index is 5.36. The molecule has 0 saturated carbocycles. The molecule has 0 aromatic carbocycles. The minimum absolute atomic E-state index is 0.220. The quantitative estimate of drug-likeness (QED) is 0.341. The molecule has 0 aromatic heterocycles. The van der Waals surface area contributed by atoms with Gasteiger partial charge in [0.05, 0.1) is 12.7 Å². The smallest absolute Gasteiger partial charge is 0.284 e. The van der Waals surface area contributed by atoms with Crippen molar-refractivity contribution in [3.63, 3.8) is 0 Å². The zero-order valence-corrected chi connectivity index (χ0v) is 6.91. The average Bonchev–Trinajstić information content (AvgIpc) is 2.50. The lowest BCUT2D eigenvalue weighted by molar-refractivity contribution is -0.537. The van der Waals surface area contributed by atoms with Crippen molar-refractivity contribution in [3.05, 3.63) is 35.5 Å². The first-order chi connectivity index (χ1) is 5.92. The van der Waals surface area contributed by atoms with Crippen molar-refractivity contribution >= 4 is 6.29 Å². The molecule has 2 rings (SSSR count). The molecule has 1 heterocycles. The first-order valence-electron chi connectivity index (χ1n) is 4.02. The van der Waals surface area contributed by atoms with Gasteiger partial charge in [-0.2, -0.15) is 4.42 Å². The molecule has 0 radical (unpaired) electrons. The molecule has 0 N–H and O–H groups in total. The Hall–Kier alpha value is -1.24. The first-order valence-corrected chi connectivity index (χ1v) is 4.02. The SMILES string of the molecule is CCOC1[O+]=CC2=[C+]C=CC=C21. The van der Waals surface area contributed by atoms with Gasteiger partial charge in [0, 0.05) is 18.2 Å². The van der Waals surface area contributed by atoms with Crippen LogP contribution in [0.15, 0.2) is 29.4 Å². The fourth-order valence-electron chi connectivity index (χ4n) is 1.25. The molecule has 60 valence electrons. The lowest BCUT2D eigenvalue weighted by Crippen LogP contribution is -2.12. The second-order valence-corrected chi connectivity index (χ2v) is 2.58. The molecule has 1 unspecified atom stereocenters. The van der Waals surface area contributed by atoms with Crippen LogP contribution >= 0.6 is 0 Å². The van der Waals surface area contributed by atoms with Gasteiger partial charge in [0.25, 0.3) is 5.57 Å². The molecule has 0 bridgehead atoms. The summed E-state index contributed by atoms with van der Waals surface area (Å²) in [5, 5.41) is 0. The largest absolute Gasteiger partial charge is 0.454 e. The summed E-state index contributed by atoms with van der Waals surface area (Å²) in [7, 11) is 0. The van der Waals surface area contributed by atoms with Crippen LogP contribution in [0.3, 0.4) is 0 Å². The van der Waals surface area contributed by atoms with Crippen LogP contribution in [-0.2, 0) is 9.16 Å². The molecule has 1 aliphatic carbocycles. The third-order valence-corrected chi connectivity index (χ3v) is 1.80. The van der Waals surface area contributed by atoms with Gasteiger partial charge in [0.1, 0.15) is 0 Å². The van der Waals surface area contributed by atoms with E-state index in [1.165, 1.54) is 0 Å². The molecule has 2 aliphatic rings. The number of allylic oxidation sites excluding steroid dienone is 4. The van der Waals surface area contributed by atoms with Crippen LogP contribution in [0.4, 0.5) is 0 Å². The highest BCUT2D eigenvalue weighted by Gasteiger charge is 2.42. The van der Waals surface area contributed by atoms with Crippen LogP contribution in [0.1, 0.15) is 6.92 Å². The highest BCUT2D eigenvalue weighted by Crippen LogP contribution is 2.22. The minimum Gasteiger partial charge on any atom is -0.284 e. The summed E-state index contributed by atoms with van der Waals surface area (Å²) < 4.78 is 10.6. The van der Waals surface area contributed by atoms with Gasteiger partial charge in [-0.25, -0.2) is 0 Å². The molecule has 0 fully saturated rings. The second kappa shape index (κ2) is 3.02.